The number of amides is 1. The van der Waals surface area contributed by atoms with E-state index in [1.165, 1.54) is 17.6 Å². The van der Waals surface area contributed by atoms with E-state index in [4.69, 9.17) is 9.47 Å². The first kappa shape index (κ1) is 23.0. The number of nitrogens with one attached hydrogen (secondary N) is 1. The Kier molecular flexibility index (Phi) is 5.32. The lowest BCUT2D eigenvalue weighted by molar-refractivity contribution is 0.101. The van der Waals surface area contributed by atoms with E-state index in [9.17, 15) is 9.90 Å². The number of benzene rings is 2. The maximum Gasteiger partial charge on any atom is 0.407 e. The lowest BCUT2D eigenvalue weighted by Gasteiger charge is -2.38. The Morgan fingerprint density at radius 1 is 1.10 bits per heavy atom. The second-order valence-corrected chi connectivity index (χ2v) is 9.58. The van der Waals surface area contributed by atoms with Gasteiger partial charge in [0.05, 0.1) is 17.2 Å². The first-order valence-corrected chi connectivity index (χ1v) is 12.5. The first-order valence-electron chi connectivity index (χ1n) is 12.5. The SMILES string of the molecule is Cc1cc(Nc2ncnc3cc4c(cc23)N2CCN(C(=O)O)[C@H](CO4)C2)ccc1Oc1ccn2ncnc2c1. The summed E-state index contributed by atoms with van der Waals surface area (Å²) in [5.41, 5.74) is 4.16. The molecule has 2 aromatic carbocycles. The summed E-state index contributed by atoms with van der Waals surface area (Å²) >= 11 is 0. The number of piperazine rings is 1. The standard InChI is InChI=1S/C27H24N8O4/c1-16-8-17(2-3-23(16)39-19-4-5-35-25(9-19)29-15-31-35)32-26-20-10-22-24(11-21(20)28-14-30-26)38-13-18-12-33(22)6-7-34(18)27(36)37/h2-5,8-11,14-15,18H,6-7,12-13H2,1H3,(H,36,37)(H,28,30,32)/t18-/m0/s1. The van der Waals surface area contributed by atoms with Crippen LogP contribution in [-0.2, 0) is 0 Å². The van der Waals surface area contributed by atoms with Crippen LogP contribution in [0, 0.1) is 6.92 Å². The Bertz CT molecular complexity index is 1740. The van der Waals surface area contributed by atoms with E-state index in [1.54, 1.807) is 10.7 Å². The van der Waals surface area contributed by atoms with Crippen LogP contribution in [0.5, 0.6) is 17.2 Å². The van der Waals surface area contributed by atoms with Crippen LogP contribution in [0.1, 0.15) is 5.56 Å². The molecule has 2 aliphatic rings. The van der Waals surface area contributed by atoms with Gasteiger partial charge in [-0.3, -0.25) is 4.90 Å². The molecule has 3 aromatic heterocycles. The van der Waals surface area contributed by atoms with Gasteiger partial charge < -0.3 is 24.8 Å². The van der Waals surface area contributed by atoms with Gasteiger partial charge in [-0.25, -0.2) is 24.3 Å². The van der Waals surface area contributed by atoms with Crippen LogP contribution >= 0.6 is 0 Å². The van der Waals surface area contributed by atoms with Gasteiger partial charge in [0.25, 0.3) is 0 Å². The highest BCUT2D eigenvalue weighted by atomic mass is 16.5. The molecule has 0 spiro atoms. The predicted octanol–water partition coefficient (Wildman–Crippen LogP) is 4.08. The number of carboxylic acid groups (broad SMARTS) is 1. The van der Waals surface area contributed by atoms with E-state index in [2.05, 4.69) is 30.3 Å². The number of anilines is 3. The smallest absolute Gasteiger partial charge is 0.407 e. The monoisotopic (exact) mass is 524 g/mol. The average Bonchev–Trinajstić information content (AvgIpc) is 3.36. The lowest BCUT2D eigenvalue weighted by Crippen LogP contribution is -2.56. The molecule has 5 aromatic rings. The number of aromatic nitrogens is 5. The van der Waals surface area contributed by atoms with Gasteiger partial charge in [-0.05, 0) is 42.8 Å². The van der Waals surface area contributed by atoms with Gasteiger partial charge >= 0.3 is 6.09 Å². The molecule has 12 nitrogen and oxygen atoms in total. The van der Waals surface area contributed by atoms with Crippen molar-refractivity contribution in [1.82, 2.24) is 29.5 Å². The van der Waals surface area contributed by atoms with Gasteiger partial charge in [-0.1, -0.05) is 0 Å². The van der Waals surface area contributed by atoms with Crippen molar-refractivity contribution in [2.24, 2.45) is 0 Å². The zero-order valence-electron chi connectivity index (χ0n) is 21.0. The van der Waals surface area contributed by atoms with Crippen LogP contribution in [0.15, 0.2) is 61.3 Å². The highest BCUT2D eigenvalue weighted by Crippen LogP contribution is 2.39. The summed E-state index contributed by atoms with van der Waals surface area (Å²) in [7, 11) is 0. The summed E-state index contributed by atoms with van der Waals surface area (Å²) in [6.45, 7) is 3.88. The number of pyridine rings is 1. The van der Waals surface area contributed by atoms with Crippen LogP contribution < -0.4 is 19.7 Å². The minimum Gasteiger partial charge on any atom is -0.489 e. The minimum absolute atomic E-state index is 0.225. The summed E-state index contributed by atoms with van der Waals surface area (Å²) in [4.78, 5) is 28.4. The fourth-order valence-electron chi connectivity index (χ4n) is 5.15. The Hall–Kier alpha value is -5.13. The number of carbonyl (C=O) groups is 1. The van der Waals surface area contributed by atoms with Crippen molar-refractivity contribution in [2.75, 3.05) is 36.5 Å². The molecule has 2 N–H and O–H groups in total. The molecule has 196 valence electrons. The van der Waals surface area contributed by atoms with Gasteiger partial charge in [0.15, 0.2) is 5.65 Å². The van der Waals surface area contributed by atoms with Gasteiger partial charge in [-0.2, -0.15) is 5.10 Å². The van der Waals surface area contributed by atoms with Crippen molar-refractivity contribution in [2.45, 2.75) is 13.0 Å². The number of nitrogens with zero attached hydrogens (tertiary/aromatic N) is 7. The van der Waals surface area contributed by atoms with Crippen molar-refractivity contribution in [3.05, 3.63) is 66.9 Å². The van der Waals surface area contributed by atoms with Crippen molar-refractivity contribution in [1.29, 1.82) is 0 Å². The number of rotatable bonds is 4. The molecule has 1 saturated heterocycles. The number of hydrogen-bond donors (Lipinski definition) is 2. The molecule has 0 saturated carbocycles. The average molecular weight is 525 g/mol. The van der Waals surface area contributed by atoms with Crippen molar-refractivity contribution in [3.63, 3.8) is 0 Å². The summed E-state index contributed by atoms with van der Waals surface area (Å²) in [5.74, 6) is 2.77. The molecule has 1 atom stereocenters. The second-order valence-electron chi connectivity index (χ2n) is 9.58. The second kappa shape index (κ2) is 9.01. The zero-order valence-corrected chi connectivity index (χ0v) is 21.0. The van der Waals surface area contributed by atoms with Crippen molar-refractivity contribution in [3.8, 4) is 17.2 Å². The van der Waals surface area contributed by atoms with E-state index in [-0.39, 0.29) is 6.04 Å². The van der Waals surface area contributed by atoms with Crippen molar-refractivity contribution >= 4 is 39.8 Å². The fraction of sp³-hybridized carbons (Fsp3) is 0.222. The predicted molar refractivity (Wildman–Crippen MR) is 143 cm³/mol. The topological polar surface area (TPSA) is 130 Å². The third-order valence-corrected chi connectivity index (χ3v) is 7.13. The zero-order chi connectivity index (χ0) is 26.5. The first-order chi connectivity index (χ1) is 19.0. The number of ether oxygens (including phenoxy) is 2. The summed E-state index contributed by atoms with van der Waals surface area (Å²) < 4.78 is 13.8. The normalized spacial score (nSPS) is 16.5. The Morgan fingerprint density at radius 3 is 2.90 bits per heavy atom. The Labute approximate surface area is 222 Å². The highest BCUT2D eigenvalue weighted by molar-refractivity contribution is 5.95. The van der Waals surface area contributed by atoms with E-state index in [0.29, 0.717) is 49.2 Å². The molecule has 2 bridgehead atoms. The van der Waals surface area contributed by atoms with Gasteiger partial charge in [-0.15, -0.1) is 0 Å². The minimum atomic E-state index is -0.917. The molecular formula is C27H24N8O4. The molecule has 0 unspecified atom stereocenters. The molecule has 12 heteroatoms. The molecule has 0 aliphatic carbocycles. The Morgan fingerprint density at radius 2 is 2.03 bits per heavy atom. The summed E-state index contributed by atoms with van der Waals surface area (Å²) in [6, 6.07) is 13.2. The maximum absolute atomic E-state index is 11.6. The molecule has 0 radical (unpaired) electrons. The molecule has 39 heavy (non-hydrogen) atoms. The highest BCUT2D eigenvalue weighted by Gasteiger charge is 2.34. The third-order valence-electron chi connectivity index (χ3n) is 7.13. The molecule has 2 aliphatic heterocycles. The van der Waals surface area contributed by atoms with Crippen LogP contribution in [0.4, 0.5) is 22.0 Å². The number of fused-ring (bicyclic) bond motifs is 6. The van der Waals surface area contributed by atoms with E-state index < -0.39 is 6.09 Å². The third kappa shape index (κ3) is 4.15. The number of aryl methyl sites for hydroxylation is 1. The molecule has 5 heterocycles. The summed E-state index contributed by atoms with van der Waals surface area (Å²) in [5, 5.41) is 17.9. The molecule has 7 rings (SSSR count). The largest absolute Gasteiger partial charge is 0.489 e. The Balaban J connectivity index is 1.16. The summed E-state index contributed by atoms with van der Waals surface area (Å²) in [6.07, 6.45) is 3.91. The van der Waals surface area contributed by atoms with Crippen LogP contribution in [0.2, 0.25) is 0 Å². The maximum atomic E-state index is 11.6. The van der Waals surface area contributed by atoms with Crippen LogP contribution in [-0.4, -0.2) is 72.9 Å². The molecule has 1 fully saturated rings. The van der Waals surface area contributed by atoms with Crippen molar-refractivity contribution < 1.29 is 19.4 Å². The van der Waals surface area contributed by atoms with E-state index >= 15 is 0 Å². The lowest BCUT2D eigenvalue weighted by atomic mass is 10.1. The van der Waals surface area contributed by atoms with E-state index in [1.807, 2.05) is 49.4 Å². The van der Waals surface area contributed by atoms with Gasteiger partial charge in [0, 0.05) is 49.0 Å². The quantitative estimate of drug-likeness (QED) is 0.355. The number of hydrogen-bond acceptors (Lipinski definition) is 9. The molecule has 1 amide bonds. The van der Waals surface area contributed by atoms with Gasteiger partial charge in [0.1, 0.15) is 42.3 Å². The van der Waals surface area contributed by atoms with E-state index in [0.717, 1.165) is 33.6 Å². The molecular weight excluding hydrogens is 500 g/mol. The van der Waals surface area contributed by atoms with Crippen LogP contribution in [0.3, 0.4) is 0 Å². The van der Waals surface area contributed by atoms with Gasteiger partial charge in [0.2, 0.25) is 0 Å². The fourth-order valence-corrected chi connectivity index (χ4v) is 5.15. The van der Waals surface area contributed by atoms with Crippen LogP contribution in [0.25, 0.3) is 16.6 Å².